The van der Waals surface area contributed by atoms with E-state index in [0.29, 0.717) is 18.7 Å². The van der Waals surface area contributed by atoms with Gasteiger partial charge in [0.25, 0.3) is 0 Å². The summed E-state index contributed by atoms with van der Waals surface area (Å²) < 4.78 is 0. The minimum Gasteiger partial charge on any atom is -0.480 e. The molecule has 20 heavy (non-hydrogen) atoms. The molecule has 1 aliphatic rings. The molecule has 0 radical (unpaired) electrons. The predicted octanol–water partition coefficient (Wildman–Crippen LogP) is 1.52. The molecular weight excluding hydrogens is 276 g/mol. The molecule has 1 heterocycles. The molecule has 6 heteroatoms. The van der Waals surface area contributed by atoms with Gasteiger partial charge in [0.1, 0.15) is 6.04 Å². The van der Waals surface area contributed by atoms with Gasteiger partial charge in [0.15, 0.2) is 0 Å². The van der Waals surface area contributed by atoms with Gasteiger partial charge in [-0.15, -0.1) is 0 Å². The van der Waals surface area contributed by atoms with Gasteiger partial charge in [0, 0.05) is 36.7 Å². The van der Waals surface area contributed by atoms with Crippen LogP contribution >= 0.6 is 11.8 Å². The molecule has 108 valence electrons. The van der Waals surface area contributed by atoms with Crippen molar-refractivity contribution in [3.63, 3.8) is 0 Å². The van der Waals surface area contributed by atoms with Crippen LogP contribution in [0.1, 0.15) is 6.42 Å². The number of anilines is 1. The highest BCUT2D eigenvalue weighted by molar-refractivity contribution is 7.99. The van der Waals surface area contributed by atoms with Crippen molar-refractivity contribution in [2.45, 2.75) is 12.5 Å². The van der Waals surface area contributed by atoms with Gasteiger partial charge in [-0.05, 0) is 12.1 Å². The Labute approximate surface area is 122 Å². The molecule has 1 fully saturated rings. The van der Waals surface area contributed by atoms with E-state index in [4.69, 9.17) is 5.11 Å². The second-order valence-electron chi connectivity index (χ2n) is 4.63. The summed E-state index contributed by atoms with van der Waals surface area (Å²) in [5, 5.41) is 12.0. The fourth-order valence-electron chi connectivity index (χ4n) is 2.12. The monoisotopic (exact) mass is 294 g/mol. The SMILES string of the molecule is O=C(CCN1CCSCC1C(=O)O)Nc1ccccc1. The highest BCUT2D eigenvalue weighted by Gasteiger charge is 2.28. The van der Waals surface area contributed by atoms with Gasteiger partial charge in [0.05, 0.1) is 0 Å². The summed E-state index contributed by atoms with van der Waals surface area (Å²) >= 11 is 1.65. The average molecular weight is 294 g/mol. The molecule has 1 saturated heterocycles. The lowest BCUT2D eigenvalue weighted by molar-refractivity contribution is -0.142. The number of carboxylic acid groups (broad SMARTS) is 1. The number of benzene rings is 1. The summed E-state index contributed by atoms with van der Waals surface area (Å²) in [7, 11) is 0. The van der Waals surface area contributed by atoms with Crippen LogP contribution in [0.5, 0.6) is 0 Å². The number of nitrogens with one attached hydrogen (secondary N) is 1. The zero-order chi connectivity index (χ0) is 14.4. The van der Waals surface area contributed by atoms with Crippen molar-refractivity contribution >= 4 is 29.3 Å². The van der Waals surface area contributed by atoms with Crippen LogP contribution in [0.4, 0.5) is 5.69 Å². The quantitative estimate of drug-likeness (QED) is 0.861. The highest BCUT2D eigenvalue weighted by atomic mass is 32.2. The summed E-state index contributed by atoms with van der Waals surface area (Å²) in [6.45, 7) is 1.20. The maximum atomic E-state index is 11.8. The number of rotatable bonds is 5. The van der Waals surface area contributed by atoms with E-state index in [2.05, 4.69) is 5.32 Å². The van der Waals surface area contributed by atoms with Gasteiger partial charge in [-0.25, -0.2) is 0 Å². The zero-order valence-corrected chi connectivity index (χ0v) is 11.9. The summed E-state index contributed by atoms with van der Waals surface area (Å²) in [6.07, 6.45) is 0.309. The second kappa shape index (κ2) is 7.31. The standard InChI is InChI=1S/C14H18N2O3S/c17-13(15-11-4-2-1-3-5-11)6-7-16-8-9-20-10-12(16)14(18)19/h1-5,12H,6-10H2,(H,15,17)(H,18,19). The van der Waals surface area contributed by atoms with Crippen LogP contribution in [0.15, 0.2) is 30.3 Å². The lowest BCUT2D eigenvalue weighted by atomic mass is 10.2. The molecule has 2 N–H and O–H groups in total. The van der Waals surface area contributed by atoms with Crippen LogP contribution in [0.2, 0.25) is 0 Å². The van der Waals surface area contributed by atoms with Crippen molar-refractivity contribution < 1.29 is 14.7 Å². The van der Waals surface area contributed by atoms with Crippen LogP contribution in [-0.2, 0) is 9.59 Å². The first-order valence-electron chi connectivity index (χ1n) is 6.56. The van der Waals surface area contributed by atoms with Crippen LogP contribution < -0.4 is 5.32 Å². The lowest BCUT2D eigenvalue weighted by Crippen LogP contribution is -2.48. The number of aliphatic carboxylic acids is 1. The Kier molecular flexibility index (Phi) is 5.43. The Morgan fingerprint density at radius 2 is 2.10 bits per heavy atom. The second-order valence-corrected chi connectivity index (χ2v) is 5.78. The Hall–Kier alpha value is -1.53. The van der Waals surface area contributed by atoms with Crippen LogP contribution in [0.3, 0.4) is 0 Å². The third-order valence-corrected chi connectivity index (χ3v) is 4.23. The van der Waals surface area contributed by atoms with E-state index >= 15 is 0 Å². The number of para-hydroxylation sites is 1. The molecule has 5 nitrogen and oxygen atoms in total. The van der Waals surface area contributed by atoms with Crippen molar-refractivity contribution in [1.82, 2.24) is 4.90 Å². The molecule has 1 aromatic rings. The number of carboxylic acids is 1. The van der Waals surface area contributed by atoms with Crippen LogP contribution in [0.25, 0.3) is 0 Å². The number of thioether (sulfide) groups is 1. The average Bonchev–Trinajstić information content (AvgIpc) is 2.46. The van der Waals surface area contributed by atoms with E-state index in [1.165, 1.54) is 0 Å². The summed E-state index contributed by atoms with van der Waals surface area (Å²) in [5.74, 6) is 0.624. The zero-order valence-electron chi connectivity index (χ0n) is 11.1. The van der Waals surface area contributed by atoms with Gasteiger partial charge >= 0.3 is 5.97 Å². The highest BCUT2D eigenvalue weighted by Crippen LogP contribution is 2.17. The number of carbonyl (C=O) groups excluding carboxylic acids is 1. The maximum Gasteiger partial charge on any atom is 0.321 e. The maximum absolute atomic E-state index is 11.8. The minimum absolute atomic E-state index is 0.0847. The molecule has 1 atom stereocenters. The Morgan fingerprint density at radius 1 is 1.35 bits per heavy atom. The normalized spacial score (nSPS) is 19.5. The molecule has 1 unspecified atom stereocenters. The van der Waals surface area contributed by atoms with E-state index in [1.807, 2.05) is 35.2 Å². The van der Waals surface area contributed by atoms with E-state index in [-0.39, 0.29) is 5.91 Å². The minimum atomic E-state index is -0.805. The third-order valence-electron chi connectivity index (χ3n) is 3.21. The third kappa shape index (κ3) is 4.25. The Bertz CT molecular complexity index is 467. The van der Waals surface area contributed by atoms with Crippen molar-refractivity contribution in [2.75, 3.05) is 29.9 Å². The molecule has 1 amide bonds. The Balaban J connectivity index is 1.81. The molecule has 0 bridgehead atoms. The van der Waals surface area contributed by atoms with Crippen LogP contribution in [0, 0.1) is 0 Å². The van der Waals surface area contributed by atoms with Crippen LogP contribution in [-0.4, -0.2) is 52.5 Å². The fourth-order valence-corrected chi connectivity index (χ4v) is 3.23. The molecular formula is C14H18N2O3S. The first-order valence-corrected chi connectivity index (χ1v) is 7.72. The summed E-state index contributed by atoms with van der Waals surface area (Å²) in [6, 6.07) is 8.79. The number of amides is 1. The van der Waals surface area contributed by atoms with E-state index < -0.39 is 12.0 Å². The summed E-state index contributed by atoms with van der Waals surface area (Å²) in [4.78, 5) is 24.9. The van der Waals surface area contributed by atoms with E-state index in [9.17, 15) is 9.59 Å². The number of carbonyl (C=O) groups is 2. The van der Waals surface area contributed by atoms with Gasteiger partial charge in [-0.2, -0.15) is 11.8 Å². The largest absolute Gasteiger partial charge is 0.480 e. The molecule has 1 aliphatic heterocycles. The summed E-state index contributed by atoms with van der Waals surface area (Å²) in [5.41, 5.74) is 0.765. The molecule has 0 spiro atoms. The Morgan fingerprint density at radius 3 is 2.80 bits per heavy atom. The molecule has 1 aromatic carbocycles. The number of hydrogen-bond acceptors (Lipinski definition) is 4. The van der Waals surface area contributed by atoms with Crippen molar-refractivity contribution in [3.05, 3.63) is 30.3 Å². The van der Waals surface area contributed by atoms with E-state index in [0.717, 1.165) is 18.0 Å². The van der Waals surface area contributed by atoms with Gasteiger partial charge in [-0.3, -0.25) is 14.5 Å². The molecule has 0 aliphatic carbocycles. The molecule has 0 aromatic heterocycles. The van der Waals surface area contributed by atoms with Gasteiger partial charge < -0.3 is 10.4 Å². The first-order chi connectivity index (χ1) is 9.66. The first kappa shape index (κ1) is 14.9. The van der Waals surface area contributed by atoms with Crippen molar-refractivity contribution in [3.8, 4) is 0 Å². The number of hydrogen-bond donors (Lipinski definition) is 2. The lowest BCUT2D eigenvalue weighted by Gasteiger charge is -2.32. The fraction of sp³-hybridized carbons (Fsp3) is 0.429. The van der Waals surface area contributed by atoms with Gasteiger partial charge in [0.2, 0.25) is 5.91 Å². The number of nitrogens with zero attached hydrogens (tertiary/aromatic N) is 1. The molecule has 0 saturated carbocycles. The van der Waals surface area contributed by atoms with Gasteiger partial charge in [-0.1, -0.05) is 18.2 Å². The topological polar surface area (TPSA) is 69.6 Å². The molecule has 2 rings (SSSR count). The van der Waals surface area contributed by atoms with Crippen molar-refractivity contribution in [2.24, 2.45) is 0 Å². The smallest absolute Gasteiger partial charge is 0.321 e. The van der Waals surface area contributed by atoms with Crippen molar-refractivity contribution in [1.29, 1.82) is 0 Å². The predicted molar refractivity (Wildman–Crippen MR) is 80.0 cm³/mol. The van der Waals surface area contributed by atoms with E-state index in [1.54, 1.807) is 11.8 Å².